The lowest BCUT2D eigenvalue weighted by Gasteiger charge is -1.91. The zero-order chi connectivity index (χ0) is 8.15. The van der Waals surface area contributed by atoms with E-state index in [0.29, 0.717) is 0 Å². The molecular formula is C5H5ClO4. The van der Waals surface area contributed by atoms with Crippen LogP contribution in [0.15, 0.2) is 11.8 Å². The van der Waals surface area contributed by atoms with Crippen LogP contribution in [0.25, 0.3) is 0 Å². The maximum absolute atomic E-state index is 10.0. The van der Waals surface area contributed by atoms with Gasteiger partial charge in [0.2, 0.25) is 0 Å². The fraction of sp³-hybridized carbons (Fsp3) is 0.200. The number of carbonyl (C=O) groups is 2. The van der Waals surface area contributed by atoms with Gasteiger partial charge in [-0.2, -0.15) is 0 Å². The average molecular weight is 165 g/mol. The van der Waals surface area contributed by atoms with Gasteiger partial charge in [0, 0.05) is 11.6 Å². The highest BCUT2D eigenvalue weighted by atomic mass is 35.5. The van der Waals surface area contributed by atoms with Crippen molar-refractivity contribution in [1.82, 2.24) is 0 Å². The molecule has 0 saturated carbocycles. The molecule has 5 heteroatoms. The van der Waals surface area contributed by atoms with Gasteiger partial charge in [-0.3, -0.25) is 0 Å². The van der Waals surface area contributed by atoms with Gasteiger partial charge in [-0.05, 0) is 6.92 Å². The van der Waals surface area contributed by atoms with Crippen molar-refractivity contribution >= 4 is 23.0 Å². The van der Waals surface area contributed by atoms with Crippen LogP contribution in [-0.4, -0.2) is 16.5 Å². The zero-order valence-electron chi connectivity index (χ0n) is 5.13. The standard InChI is InChI=1S/C5H5ClO4/c1-3(4(7)8)2-10-5(6)9/h2H,1H3,(H,7,8). The number of carboxylic acid groups (broad SMARTS) is 1. The summed E-state index contributed by atoms with van der Waals surface area (Å²) in [6, 6.07) is 0. The van der Waals surface area contributed by atoms with Gasteiger partial charge >= 0.3 is 11.4 Å². The molecular weight excluding hydrogens is 160 g/mol. The third-order valence-corrected chi connectivity index (χ3v) is 0.755. The zero-order valence-corrected chi connectivity index (χ0v) is 5.88. The predicted molar refractivity (Wildman–Crippen MR) is 33.7 cm³/mol. The topological polar surface area (TPSA) is 63.6 Å². The van der Waals surface area contributed by atoms with Crippen molar-refractivity contribution in [3.63, 3.8) is 0 Å². The Balaban J connectivity index is 3.92. The van der Waals surface area contributed by atoms with Gasteiger partial charge in [0.1, 0.15) is 6.26 Å². The summed E-state index contributed by atoms with van der Waals surface area (Å²) in [5.41, 5.74) is -1.14. The maximum atomic E-state index is 10.0. The Bertz CT molecular complexity index is 184. The number of carboxylic acids is 1. The van der Waals surface area contributed by atoms with E-state index in [2.05, 4.69) is 4.74 Å². The summed E-state index contributed by atoms with van der Waals surface area (Å²) in [6.07, 6.45) is 0.775. The van der Waals surface area contributed by atoms with Crippen LogP contribution in [0.2, 0.25) is 0 Å². The Labute approximate surface area is 62.0 Å². The molecule has 0 aromatic rings. The molecule has 0 amide bonds. The Morgan fingerprint density at radius 1 is 1.60 bits per heavy atom. The molecule has 0 aliphatic heterocycles. The van der Waals surface area contributed by atoms with Crippen molar-refractivity contribution in [2.45, 2.75) is 6.92 Å². The smallest absolute Gasteiger partial charge is 0.408 e. The molecule has 1 N–H and O–H groups in total. The molecule has 0 spiro atoms. The number of carbonyl (C=O) groups excluding carboxylic acids is 1. The van der Waals surface area contributed by atoms with E-state index in [1.165, 1.54) is 6.92 Å². The number of ether oxygens (including phenoxy) is 1. The Kier molecular flexibility index (Phi) is 3.49. The van der Waals surface area contributed by atoms with Crippen LogP contribution >= 0.6 is 11.6 Å². The van der Waals surface area contributed by atoms with Crippen LogP contribution in [-0.2, 0) is 9.53 Å². The summed E-state index contributed by atoms with van der Waals surface area (Å²) in [6.45, 7) is 1.28. The molecule has 4 nitrogen and oxygen atoms in total. The summed E-state index contributed by atoms with van der Waals surface area (Å²) < 4.78 is 4.05. The summed E-state index contributed by atoms with van der Waals surface area (Å²) in [4.78, 5) is 19.9. The Morgan fingerprint density at radius 3 is 2.40 bits per heavy atom. The largest absolute Gasteiger partial charge is 0.478 e. The summed E-state index contributed by atoms with van der Waals surface area (Å²) >= 11 is 4.73. The number of hydrogen-bond donors (Lipinski definition) is 1. The Hall–Kier alpha value is -1.03. The van der Waals surface area contributed by atoms with Crippen molar-refractivity contribution in [2.24, 2.45) is 0 Å². The number of rotatable bonds is 2. The van der Waals surface area contributed by atoms with Gasteiger partial charge in [0.25, 0.3) is 0 Å². The number of hydrogen-bond acceptors (Lipinski definition) is 3. The molecule has 0 aromatic carbocycles. The van der Waals surface area contributed by atoms with Crippen LogP contribution in [0.5, 0.6) is 0 Å². The third-order valence-electron chi connectivity index (χ3n) is 0.666. The lowest BCUT2D eigenvalue weighted by Crippen LogP contribution is -1.97. The van der Waals surface area contributed by atoms with Crippen molar-refractivity contribution in [1.29, 1.82) is 0 Å². The van der Waals surface area contributed by atoms with E-state index in [1.807, 2.05) is 0 Å². The quantitative estimate of drug-likeness (QED) is 0.380. The van der Waals surface area contributed by atoms with E-state index >= 15 is 0 Å². The van der Waals surface area contributed by atoms with Gasteiger partial charge in [0.15, 0.2) is 0 Å². The van der Waals surface area contributed by atoms with Crippen molar-refractivity contribution in [3.8, 4) is 0 Å². The fourth-order valence-electron chi connectivity index (χ4n) is 0.185. The first-order valence-electron chi connectivity index (χ1n) is 2.30. The molecule has 0 fully saturated rings. The minimum Gasteiger partial charge on any atom is -0.478 e. The first kappa shape index (κ1) is 8.97. The highest BCUT2D eigenvalue weighted by Gasteiger charge is 2.00. The molecule has 0 unspecified atom stereocenters. The molecule has 0 radical (unpaired) electrons. The summed E-state index contributed by atoms with van der Waals surface area (Å²) in [5, 5.41) is 8.19. The van der Waals surface area contributed by atoms with Gasteiger partial charge in [-0.25, -0.2) is 9.59 Å². The Morgan fingerprint density at radius 2 is 2.10 bits per heavy atom. The van der Waals surface area contributed by atoms with E-state index in [4.69, 9.17) is 16.7 Å². The van der Waals surface area contributed by atoms with E-state index < -0.39 is 11.4 Å². The van der Waals surface area contributed by atoms with Crippen LogP contribution in [0, 0.1) is 0 Å². The van der Waals surface area contributed by atoms with Crippen LogP contribution < -0.4 is 0 Å². The lowest BCUT2D eigenvalue weighted by atomic mass is 10.4. The van der Waals surface area contributed by atoms with E-state index in [0.717, 1.165) is 6.26 Å². The van der Waals surface area contributed by atoms with Gasteiger partial charge < -0.3 is 9.84 Å². The molecule has 0 saturated heterocycles. The highest BCUT2D eigenvalue weighted by molar-refractivity contribution is 6.61. The number of aliphatic carboxylic acids is 1. The fourth-order valence-corrected chi connectivity index (χ4v) is 0.230. The second kappa shape index (κ2) is 3.90. The van der Waals surface area contributed by atoms with Crippen LogP contribution in [0.4, 0.5) is 4.79 Å². The predicted octanol–water partition coefficient (Wildman–Crippen LogP) is 1.35. The first-order chi connectivity index (χ1) is 4.54. The SMILES string of the molecule is CC(=COC(=O)Cl)C(=O)O. The molecule has 10 heavy (non-hydrogen) atoms. The van der Waals surface area contributed by atoms with E-state index in [-0.39, 0.29) is 5.57 Å². The molecule has 56 valence electrons. The third kappa shape index (κ3) is 3.91. The molecule has 0 aromatic heterocycles. The lowest BCUT2D eigenvalue weighted by molar-refractivity contribution is -0.132. The average Bonchev–Trinajstić information content (AvgIpc) is 1.82. The van der Waals surface area contributed by atoms with E-state index in [1.54, 1.807) is 0 Å². The summed E-state index contributed by atoms with van der Waals surface area (Å²) in [7, 11) is 0. The molecule has 0 aliphatic carbocycles. The second-order valence-electron chi connectivity index (χ2n) is 1.46. The molecule has 0 aliphatic rings. The maximum Gasteiger partial charge on any atom is 0.408 e. The van der Waals surface area contributed by atoms with E-state index in [9.17, 15) is 9.59 Å². The molecule has 0 heterocycles. The van der Waals surface area contributed by atoms with Crippen molar-refractivity contribution in [3.05, 3.63) is 11.8 Å². The molecule has 0 bridgehead atoms. The van der Waals surface area contributed by atoms with Crippen molar-refractivity contribution < 1.29 is 19.4 Å². The van der Waals surface area contributed by atoms with Gasteiger partial charge in [-0.1, -0.05) is 0 Å². The van der Waals surface area contributed by atoms with Crippen LogP contribution in [0.3, 0.4) is 0 Å². The minimum atomic E-state index is -1.15. The summed E-state index contributed by atoms with van der Waals surface area (Å²) in [5.74, 6) is -1.15. The second-order valence-corrected chi connectivity index (χ2v) is 1.77. The van der Waals surface area contributed by atoms with Crippen LogP contribution in [0.1, 0.15) is 6.92 Å². The minimum absolute atomic E-state index is 0.0889. The molecule has 0 rings (SSSR count). The monoisotopic (exact) mass is 164 g/mol. The molecule has 0 atom stereocenters. The normalized spacial score (nSPS) is 10.8. The first-order valence-corrected chi connectivity index (χ1v) is 2.68. The number of halogens is 1. The van der Waals surface area contributed by atoms with Gasteiger partial charge in [-0.15, -0.1) is 0 Å². The van der Waals surface area contributed by atoms with Crippen molar-refractivity contribution in [2.75, 3.05) is 0 Å². The highest BCUT2D eigenvalue weighted by Crippen LogP contribution is 1.95. The van der Waals surface area contributed by atoms with Gasteiger partial charge in [0.05, 0.1) is 5.57 Å².